The zero-order valence-corrected chi connectivity index (χ0v) is 21.9. The number of carbonyl (C=O) groups excluding carboxylic acids is 1. The first kappa shape index (κ1) is 26.0. The summed E-state index contributed by atoms with van der Waals surface area (Å²) < 4.78 is 1.51. The topological polar surface area (TPSA) is 110 Å². The molecule has 1 fully saturated rings. The van der Waals surface area contributed by atoms with Gasteiger partial charge in [-0.25, -0.2) is 0 Å². The van der Waals surface area contributed by atoms with E-state index in [2.05, 4.69) is 32.7 Å². The molecule has 3 aromatic rings. The first-order chi connectivity index (χ1) is 17.1. The average Bonchev–Trinajstić information content (AvgIpc) is 3.52. The number of aliphatic carboxylic acids is 1. The highest BCUT2D eigenvalue weighted by molar-refractivity contribution is 7.99. The quantitative estimate of drug-likeness (QED) is 0.299. The second-order valence-corrected chi connectivity index (χ2v) is 10.8. The molecule has 1 aliphatic rings. The highest BCUT2D eigenvalue weighted by Crippen LogP contribution is 2.34. The van der Waals surface area contributed by atoms with Gasteiger partial charge in [0.05, 0.1) is 27.2 Å². The van der Waals surface area contributed by atoms with Crippen LogP contribution in [0, 0.1) is 23.2 Å². The van der Waals surface area contributed by atoms with Gasteiger partial charge in [0.2, 0.25) is 11.1 Å². The van der Waals surface area contributed by atoms with Gasteiger partial charge in [0.25, 0.3) is 0 Å². The van der Waals surface area contributed by atoms with E-state index in [1.807, 2.05) is 18.2 Å². The van der Waals surface area contributed by atoms with Crippen LogP contribution in [-0.2, 0) is 16.0 Å². The number of hydrogen-bond donors (Lipinski definition) is 2. The Morgan fingerprint density at radius 2 is 1.97 bits per heavy atom. The van der Waals surface area contributed by atoms with Gasteiger partial charge < -0.3 is 10.4 Å². The Morgan fingerprint density at radius 1 is 1.19 bits per heavy atom. The van der Waals surface area contributed by atoms with Crippen LogP contribution < -0.4 is 5.32 Å². The van der Waals surface area contributed by atoms with Crippen molar-refractivity contribution in [1.82, 2.24) is 20.2 Å². The summed E-state index contributed by atoms with van der Waals surface area (Å²) in [5.74, 6) is 5.00. The molecular weight excluding hydrogens is 521 g/mol. The smallest absolute Gasteiger partial charge is 0.321 e. The van der Waals surface area contributed by atoms with Gasteiger partial charge in [-0.15, -0.1) is 5.10 Å². The van der Waals surface area contributed by atoms with Crippen LogP contribution >= 0.6 is 35.0 Å². The summed E-state index contributed by atoms with van der Waals surface area (Å²) in [7, 11) is 0. The van der Waals surface area contributed by atoms with E-state index in [-0.39, 0.29) is 16.7 Å². The maximum absolute atomic E-state index is 12.6. The summed E-state index contributed by atoms with van der Waals surface area (Å²) in [4.78, 5) is 23.8. The van der Waals surface area contributed by atoms with Gasteiger partial charge in [0.15, 0.2) is 0 Å². The number of nitrogens with zero attached hydrogens (tertiary/aromatic N) is 4. The summed E-state index contributed by atoms with van der Waals surface area (Å²) >= 11 is 14.0. The third-order valence-electron chi connectivity index (χ3n) is 5.53. The third kappa shape index (κ3) is 6.58. The van der Waals surface area contributed by atoms with Gasteiger partial charge in [0, 0.05) is 5.56 Å². The van der Waals surface area contributed by atoms with Crippen molar-refractivity contribution in [1.29, 1.82) is 0 Å². The van der Waals surface area contributed by atoms with Crippen LogP contribution in [0.3, 0.4) is 0 Å². The number of benzene rings is 2. The summed E-state index contributed by atoms with van der Waals surface area (Å²) in [6.07, 6.45) is 3.56. The van der Waals surface area contributed by atoms with Gasteiger partial charge in [-0.1, -0.05) is 52.9 Å². The Morgan fingerprint density at radius 3 is 2.64 bits per heavy atom. The minimum atomic E-state index is -1.19. The van der Waals surface area contributed by atoms with Crippen LogP contribution in [0.2, 0.25) is 10.0 Å². The zero-order valence-electron chi connectivity index (χ0n) is 19.6. The molecule has 1 heterocycles. The molecule has 0 radical (unpaired) electrons. The van der Waals surface area contributed by atoms with Crippen molar-refractivity contribution >= 4 is 52.5 Å². The summed E-state index contributed by atoms with van der Waals surface area (Å²) in [5, 5.41) is 25.0. The Bertz CT molecular complexity index is 1380. The predicted molar refractivity (Wildman–Crippen MR) is 140 cm³/mol. The normalized spacial score (nSPS) is 13.1. The molecule has 1 aromatic heterocycles. The number of thioether (sulfide) groups is 1. The minimum absolute atomic E-state index is 0.0441. The summed E-state index contributed by atoms with van der Waals surface area (Å²) in [5.41, 5.74) is 1.61. The maximum Gasteiger partial charge on any atom is 0.321 e. The number of amides is 1. The molecule has 11 heteroatoms. The number of nitrogens with one attached hydrogen (secondary N) is 1. The SMILES string of the molecule is CC(C)(C#Cc1ccc(NC(=O)CSc2nnnn2-c2ccc(CC3CC3)cc2Cl)c(Cl)c1)C(=O)O. The number of aromatic nitrogens is 4. The van der Waals surface area contributed by atoms with Gasteiger partial charge in [-0.3, -0.25) is 9.59 Å². The van der Waals surface area contributed by atoms with Crippen LogP contribution in [0.4, 0.5) is 5.69 Å². The number of tetrazole rings is 1. The van der Waals surface area contributed by atoms with E-state index in [1.54, 1.807) is 18.2 Å². The predicted octanol–water partition coefficient (Wildman–Crippen LogP) is 5.11. The van der Waals surface area contributed by atoms with E-state index in [9.17, 15) is 14.7 Å². The average molecular weight is 544 g/mol. The molecule has 0 unspecified atom stereocenters. The van der Waals surface area contributed by atoms with Crippen molar-refractivity contribution in [3.05, 3.63) is 57.6 Å². The van der Waals surface area contributed by atoms with E-state index < -0.39 is 11.4 Å². The molecule has 0 bridgehead atoms. The highest BCUT2D eigenvalue weighted by atomic mass is 35.5. The standard InChI is InChI=1S/C25H23Cl2N5O3S/c1-25(2,23(34)35)10-9-16-5-7-20(18(26)12-16)28-22(33)14-36-24-29-30-31-32(24)21-8-6-17(13-19(21)27)11-15-3-4-15/h5-8,12-13,15H,3-4,11,14H2,1-2H3,(H,28,33)(H,34,35). The lowest BCUT2D eigenvalue weighted by molar-refractivity contribution is -0.143. The summed E-state index contributed by atoms with van der Waals surface area (Å²) in [6.45, 7) is 3.04. The van der Waals surface area contributed by atoms with Crippen molar-refractivity contribution in [2.24, 2.45) is 11.3 Å². The van der Waals surface area contributed by atoms with Crippen molar-refractivity contribution < 1.29 is 14.7 Å². The lowest BCUT2D eigenvalue weighted by Crippen LogP contribution is -2.21. The Hall–Kier alpha value is -3.06. The van der Waals surface area contributed by atoms with Crippen LogP contribution in [0.1, 0.15) is 37.8 Å². The molecule has 1 amide bonds. The second kappa shape index (κ2) is 10.9. The van der Waals surface area contributed by atoms with Gasteiger partial charge in [-0.2, -0.15) is 4.68 Å². The van der Waals surface area contributed by atoms with Gasteiger partial charge in [-0.05, 0) is 85.3 Å². The van der Waals surface area contributed by atoms with Gasteiger partial charge in [0.1, 0.15) is 5.41 Å². The number of anilines is 1. The van der Waals surface area contributed by atoms with Crippen molar-refractivity contribution in [3.8, 4) is 17.5 Å². The first-order valence-electron chi connectivity index (χ1n) is 11.2. The molecule has 186 valence electrons. The second-order valence-electron chi connectivity index (χ2n) is 9.02. The highest BCUT2D eigenvalue weighted by Gasteiger charge is 2.24. The number of hydrogen-bond acceptors (Lipinski definition) is 6. The van der Waals surface area contributed by atoms with Crippen molar-refractivity contribution in [2.75, 3.05) is 11.1 Å². The fourth-order valence-electron chi connectivity index (χ4n) is 3.22. The number of halogens is 2. The van der Waals surface area contributed by atoms with E-state index in [0.717, 1.165) is 12.3 Å². The molecule has 36 heavy (non-hydrogen) atoms. The van der Waals surface area contributed by atoms with Crippen LogP contribution in [0.15, 0.2) is 41.6 Å². The monoisotopic (exact) mass is 543 g/mol. The molecule has 2 N–H and O–H groups in total. The molecule has 0 aliphatic heterocycles. The van der Waals surface area contributed by atoms with E-state index >= 15 is 0 Å². The van der Waals surface area contributed by atoms with Crippen LogP contribution in [-0.4, -0.2) is 42.9 Å². The molecule has 2 aromatic carbocycles. The molecule has 1 saturated carbocycles. The Labute approximate surface area is 222 Å². The third-order valence-corrected chi connectivity index (χ3v) is 7.07. The number of carboxylic acids is 1. The minimum Gasteiger partial charge on any atom is -0.480 e. The lowest BCUT2D eigenvalue weighted by Gasteiger charge is -2.10. The molecule has 1 aliphatic carbocycles. The molecule has 0 saturated heterocycles. The van der Waals surface area contributed by atoms with E-state index in [1.165, 1.54) is 48.7 Å². The Balaban J connectivity index is 1.38. The van der Waals surface area contributed by atoms with Crippen molar-refractivity contribution in [2.45, 2.75) is 38.3 Å². The molecule has 0 atom stereocenters. The van der Waals surface area contributed by atoms with Crippen LogP contribution in [0.25, 0.3) is 5.69 Å². The van der Waals surface area contributed by atoms with Crippen LogP contribution in [0.5, 0.6) is 0 Å². The molecular formula is C25H23Cl2N5O3S. The number of carboxylic acid groups (broad SMARTS) is 1. The number of carbonyl (C=O) groups is 2. The van der Waals surface area contributed by atoms with Gasteiger partial charge >= 0.3 is 5.97 Å². The molecule has 8 nitrogen and oxygen atoms in total. The van der Waals surface area contributed by atoms with Crippen molar-refractivity contribution in [3.63, 3.8) is 0 Å². The Kier molecular flexibility index (Phi) is 7.88. The largest absolute Gasteiger partial charge is 0.480 e. The van der Waals surface area contributed by atoms with E-state index in [0.29, 0.717) is 27.1 Å². The first-order valence-corrected chi connectivity index (χ1v) is 12.9. The lowest BCUT2D eigenvalue weighted by atomic mass is 9.94. The maximum atomic E-state index is 12.6. The molecule has 4 rings (SSSR count). The molecule has 0 spiro atoms. The summed E-state index contributed by atoms with van der Waals surface area (Å²) in [6, 6.07) is 10.7. The fourth-order valence-corrected chi connectivity index (χ4v) is 4.41. The number of rotatable bonds is 8. The zero-order chi connectivity index (χ0) is 25.9. The van der Waals surface area contributed by atoms with E-state index in [4.69, 9.17) is 23.2 Å². The fraction of sp³-hybridized carbons (Fsp3) is 0.320.